The molecule has 0 aromatic heterocycles. The molecule has 0 aliphatic carbocycles. The van der Waals surface area contributed by atoms with E-state index in [-0.39, 0.29) is 34.3 Å². The predicted molar refractivity (Wildman–Crippen MR) is 57.6 cm³/mol. The van der Waals surface area contributed by atoms with E-state index in [0.29, 0.717) is 0 Å². The summed E-state index contributed by atoms with van der Waals surface area (Å²) in [5.74, 6) is -0.236. The van der Waals surface area contributed by atoms with Crippen molar-refractivity contribution in [1.29, 1.82) is 0 Å². The third kappa shape index (κ3) is 2.50. The molecule has 2 nitrogen and oxygen atoms in total. The van der Waals surface area contributed by atoms with E-state index < -0.39 is 6.43 Å². The average Bonchev–Trinajstić information content (AvgIpc) is 2.20. The van der Waals surface area contributed by atoms with Crippen molar-refractivity contribution >= 4 is 17.4 Å². The first-order chi connectivity index (χ1) is 7.49. The molecule has 88 valence electrons. The molecule has 0 saturated carbocycles. The summed E-state index contributed by atoms with van der Waals surface area (Å²) >= 11 is 5.77. The van der Waals surface area contributed by atoms with Gasteiger partial charge < -0.3 is 4.74 Å². The number of ketones is 1. The highest BCUT2D eigenvalue weighted by Crippen LogP contribution is 2.37. The minimum absolute atomic E-state index is 0.0365. The molecule has 0 atom stereocenters. The average molecular weight is 249 g/mol. The number of carbonyl (C=O) groups excluding carboxylic acids is 1. The van der Waals surface area contributed by atoms with Gasteiger partial charge in [0, 0.05) is 5.56 Å². The van der Waals surface area contributed by atoms with Crippen LogP contribution in [0.2, 0.25) is 5.02 Å². The summed E-state index contributed by atoms with van der Waals surface area (Å²) in [6, 6.07) is 2.45. The third-order valence-corrected chi connectivity index (χ3v) is 2.42. The zero-order valence-electron chi connectivity index (χ0n) is 8.89. The van der Waals surface area contributed by atoms with Crippen LogP contribution in [-0.2, 0) is 0 Å². The van der Waals surface area contributed by atoms with Crippen molar-refractivity contribution in [3.8, 4) is 5.75 Å². The molecule has 0 aliphatic rings. The molecule has 0 fully saturated rings. The van der Waals surface area contributed by atoms with Crippen molar-refractivity contribution in [2.24, 2.45) is 0 Å². The summed E-state index contributed by atoms with van der Waals surface area (Å²) in [6.07, 6.45) is -2.69. The van der Waals surface area contributed by atoms with E-state index in [1.807, 2.05) is 0 Å². The lowest BCUT2D eigenvalue weighted by Crippen LogP contribution is -2.03. The summed E-state index contributed by atoms with van der Waals surface area (Å²) in [4.78, 5) is 11.2. The number of ether oxygens (including phenoxy) is 1. The van der Waals surface area contributed by atoms with E-state index in [1.165, 1.54) is 13.0 Å². The second kappa shape index (κ2) is 5.25. The number of alkyl halides is 2. The summed E-state index contributed by atoms with van der Waals surface area (Å²) in [5.41, 5.74) is -0.105. The van der Waals surface area contributed by atoms with Crippen molar-refractivity contribution in [2.45, 2.75) is 20.3 Å². The maximum Gasteiger partial charge on any atom is 0.265 e. The minimum Gasteiger partial charge on any atom is -0.492 e. The monoisotopic (exact) mass is 248 g/mol. The first-order valence-corrected chi connectivity index (χ1v) is 5.11. The second-order valence-corrected chi connectivity index (χ2v) is 3.51. The molecular weight excluding hydrogens is 238 g/mol. The predicted octanol–water partition coefficient (Wildman–Crippen LogP) is 3.88. The van der Waals surface area contributed by atoms with Gasteiger partial charge in [-0.1, -0.05) is 17.7 Å². The fourth-order valence-corrected chi connectivity index (χ4v) is 1.60. The van der Waals surface area contributed by atoms with E-state index in [1.54, 1.807) is 6.92 Å². The van der Waals surface area contributed by atoms with Gasteiger partial charge in [0.05, 0.1) is 17.2 Å². The zero-order valence-corrected chi connectivity index (χ0v) is 9.65. The Morgan fingerprint density at radius 3 is 2.56 bits per heavy atom. The van der Waals surface area contributed by atoms with E-state index in [0.717, 1.165) is 6.07 Å². The Kier molecular flexibility index (Phi) is 4.24. The molecule has 0 bridgehead atoms. The van der Waals surface area contributed by atoms with E-state index in [2.05, 4.69) is 0 Å². The lowest BCUT2D eigenvalue weighted by atomic mass is 10.1. The Morgan fingerprint density at radius 1 is 1.50 bits per heavy atom. The molecule has 0 radical (unpaired) electrons. The standard InChI is InChI=1S/C11H11ClF2O2/c1-3-16-10-7(6(2)15)4-5-8(9(10)12)11(13)14/h4-5,11H,3H2,1-2H3. The molecule has 16 heavy (non-hydrogen) atoms. The highest BCUT2D eigenvalue weighted by atomic mass is 35.5. The quantitative estimate of drug-likeness (QED) is 0.756. The maximum absolute atomic E-state index is 12.6. The smallest absolute Gasteiger partial charge is 0.265 e. The second-order valence-electron chi connectivity index (χ2n) is 3.14. The van der Waals surface area contributed by atoms with E-state index >= 15 is 0 Å². The molecule has 1 aromatic carbocycles. The van der Waals surface area contributed by atoms with Crippen molar-refractivity contribution in [3.63, 3.8) is 0 Å². The van der Waals surface area contributed by atoms with Crippen LogP contribution in [0.1, 0.15) is 36.2 Å². The zero-order chi connectivity index (χ0) is 12.3. The van der Waals surface area contributed by atoms with Gasteiger partial charge in [-0.3, -0.25) is 4.79 Å². The van der Waals surface area contributed by atoms with Crippen molar-refractivity contribution < 1.29 is 18.3 Å². The van der Waals surface area contributed by atoms with Crippen LogP contribution in [0.15, 0.2) is 12.1 Å². The number of hydrogen-bond acceptors (Lipinski definition) is 2. The Labute approximate surface area is 97.2 Å². The van der Waals surface area contributed by atoms with Gasteiger partial charge in [0.25, 0.3) is 6.43 Å². The van der Waals surface area contributed by atoms with Crippen LogP contribution < -0.4 is 4.74 Å². The van der Waals surface area contributed by atoms with Crippen LogP contribution >= 0.6 is 11.6 Å². The maximum atomic E-state index is 12.6. The molecule has 0 saturated heterocycles. The fraction of sp³-hybridized carbons (Fsp3) is 0.364. The summed E-state index contributed by atoms with van der Waals surface area (Å²) in [5, 5.41) is -0.190. The van der Waals surface area contributed by atoms with Crippen LogP contribution in [0.4, 0.5) is 8.78 Å². The van der Waals surface area contributed by atoms with Crippen molar-refractivity contribution in [2.75, 3.05) is 6.61 Å². The normalized spacial score (nSPS) is 10.6. The summed E-state index contributed by atoms with van der Waals surface area (Å²) in [7, 11) is 0. The van der Waals surface area contributed by atoms with Crippen LogP contribution in [0.25, 0.3) is 0 Å². The number of halogens is 3. The molecule has 5 heteroatoms. The number of rotatable bonds is 4. The van der Waals surface area contributed by atoms with Gasteiger partial charge in [-0.2, -0.15) is 0 Å². The largest absolute Gasteiger partial charge is 0.492 e. The Hall–Kier alpha value is -1.16. The van der Waals surface area contributed by atoms with E-state index in [9.17, 15) is 13.6 Å². The van der Waals surface area contributed by atoms with Crippen molar-refractivity contribution in [3.05, 3.63) is 28.3 Å². The highest BCUT2D eigenvalue weighted by Gasteiger charge is 2.20. The third-order valence-electron chi connectivity index (χ3n) is 2.03. The SMILES string of the molecule is CCOc1c(C(C)=O)ccc(C(F)F)c1Cl. The summed E-state index contributed by atoms with van der Waals surface area (Å²) in [6.45, 7) is 3.28. The molecule has 0 spiro atoms. The topological polar surface area (TPSA) is 26.3 Å². The van der Waals surface area contributed by atoms with Gasteiger partial charge >= 0.3 is 0 Å². The molecular formula is C11H11ClF2O2. The van der Waals surface area contributed by atoms with Crippen LogP contribution in [0, 0.1) is 0 Å². The Bertz CT molecular complexity index is 405. The number of carbonyl (C=O) groups is 1. The molecule has 0 heterocycles. The van der Waals surface area contributed by atoms with Crippen LogP contribution in [0.3, 0.4) is 0 Å². The lowest BCUT2D eigenvalue weighted by molar-refractivity contribution is 0.101. The van der Waals surface area contributed by atoms with Gasteiger partial charge in [0.1, 0.15) is 5.75 Å². The fourth-order valence-electron chi connectivity index (χ4n) is 1.30. The molecule has 0 N–H and O–H groups in total. The molecule has 0 aliphatic heterocycles. The van der Waals surface area contributed by atoms with Crippen molar-refractivity contribution in [1.82, 2.24) is 0 Å². The number of hydrogen-bond donors (Lipinski definition) is 0. The molecule has 1 rings (SSSR count). The van der Waals surface area contributed by atoms with Gasteiger partial charge in [0.2, 0.25) is 0 Å². The first kappa shape index (κ1) is 12.9. The van der Waals surface area contributed by atoms with Gasteiger partial charge in [-0.25, -0.2) is 8.78 Å². The molecule has 1 aromatic rings. The Morgan fingerprint density at radius 2 is 2.12 bits per heavy atom. The lowest BCUT2D eigenvalue weighted by Gasteiger charge is -2.13. The molecule has 0 amide bonds. The van der Waals surface area contributed by atoms with E-state index in [4.69, 9.17) is 16.3 Å². The van der Waals surface area contributed by atoms with Gasteiger partial charge in [0.15, 0.2) is 5.78 Å². The number of Topliss-reactive ketones (excluding diaryl/α,β-unsaturated/α-hetero) is 1. The number of benzene rings is 1. The first-order valence-electron chi connectivity index (χ1n) is 4.73. The Balaban J connectivity index is 3.35. The highest BCUT2D eigenvalue weighted by molar-refractivity contribution is 6.33. The van der Waals surface area contributed by atoms with Gasteiger partial charge in [-0.05, 0) is 19.9 Å². The molecule has 0 unspecified atom stereocenters. The summed E-state index contributed by atoms with van der Waals surface area (Å²) < 4.78 is 30.2. The van der Waals surface area contributed by atoms with Crippen LogP contribution in [-0.4, -0.2) is 12.4 Å². The van der Waals surface area contributed by atoms with Gasteiger partial charge in [-0.15, -0.1) is 0 Å². The minimum atomic E-state index is -2.69. The van der Waals surface area contributed by atoms with Crippen LogP contribution in [0.5, 0.6) is 5.75 Å².